The quantitative estimate of drug-likeness (QED) is 0.869. The lowest BCUT2D eigenvalue weighted by molar-refractivity contribution is -0.274. The number of aliphatic carboxylic acids is 1. The van der Waals surface area contributed by atoms with Crippen LogP contribution in [0.4, 0.5) is 13.2 Å². The maximum Gasteiger partial charge on any atom is 0.573 e. The third-order valence-corrected chi connectivity index (χ3v) is 2.30. The minimum absolute atomic E-state index is 0.0491. The van der Waals surface area contributed by atoms with Crippen LogP contribution < -0.4 is 10.5 Å². The van der Waals surface area contributed by atoms with E-state index in [2.05, 4.69) is 4.74 Å². The number of alkyl halides is 3. The topological polar surface area (TPSA) is 72.5 Å². The molecule has 7 heteroatoms. The molecule has 1 rings (SSSR count). The second-order valence-corrected chi connectivity index (χ2v) is 3.78. The van der Waals surface area contributed by atoms with Crippen molar-refractivity contribution in [2.75, 3.05) is 0 Å². The van der Waals surface area contributed by atoms with Crippen LogP contribution in [0, 0.1) is 6.92 Å². The molecule has 3 N–H and O–H groups in total. The van der Waals surface area contributed by atoms with Gasteiger partial charge in [0.2, 0.25) is 0 Å². The van der Waals surface area contributed by atoms with E-state index >= 15 is 0 Å². The Kier molecular flexibility index (Phi) is 4.18. The second-order valence-electron chi connectivity index (χ2n) is 3.78. The van der Waals surface area contributed by atoms with Crippen molar-refractivity contribution in [2.24, 2.45) is 5.73 Å². The minimum atomic E-state index is -4.74. The molecule has 0 heterocycles. The molecule has 1 aromatic carbocycles. The zero-order valence-electron chi connectivity index (χ0n) is 9.49. The molecule has 18 heavy (non-hydrogen) atoms. The van der Waals surface area contributed by atoms with Gasteiger partial charge in [0, 0.05) is 0 Å². The first-order valence-corrected chi connectivity index (χ1v) is 5.02. The molecule has 0 saturated heterocycles. The normalized spacial score (nSPS) is 13.2. The van der Waals surface area contributed by atoms with Gasteiger partial charge in [-0.2, -0.15) is 0 Å². The van der Waals surface area contributed by atoms with Gasteiger partial charge in [0.05, 0.1) is 0 Å². The molecular formula is C11H12F3NO3. The Morgan fingerprint density at radius 3 is 2.56 bits per heavy atom. The number of nitrogens with two attached hydrogens (primary N) is 1. The highest BCUT2D eigenvalue weighted by atomic mass is 19.4. The summed E-state index contributed by atoms with van der Waals surface area (Å²) in [6.45, 7) is 1.56. The summed E-state index contributed by atoms with van der Waals surface area (Å²) in [7, 11) is 0. The highest BCUT2D eigenvalue weighted by molar-refractivity contribution is 5.73. The van der Waals surface area contributed by atoms with Gasteiger partial charge in [0.1, 0.15) is 11.8 Å². The van der Waals surface area contributed by atoms with Gasteiger partial charge in [0.15, 0.2) is 0 Å². The largest absolute Gasteiger partial charge is 0.573 e. The molecule has 0 aliphatic rings. The lowest BCUT2D eigenvalue weighted by atomic mass is 10.0. The third kappa shape index (κ3) is 4.25. The predicted molar refractivity (Wildman–Crippen MR) is 57.2 cm³/mol. The van der Waals surface area contributed by atoms with Crippen molar-refractivity contribution in [3.63, 3.8) is 0 Å². The van der Waals surface area contributed by atoms with E-state index in [-0.39, 0.29) is 12.2 Å². The number of hydrogen-bond donors (Lipinski definition) is 2. The lowest BCUT2D eigenvalue weighted by Gasteiger charge is -2.13. The van der Waals surface area contributed by atoms with Crippen LogP contribution >= 0.6 is 0 Å². The summed E-state index contributed by atoms with van der Waals surface area (Å²) in [5.74, 6) is -1.50. The highest BCUT2D eigenvalue weighted by Gasteiger charge is 2.31. The summed E-state index contributed by atoms with van der Waals surface area (Å²) in [5.41, 5.74) is 6.41. The van der Waals surface area contributed by atoms with Crippen LogP contribution in [0.5, 0.6) is 5.75 Å². The molecule has 0 amide bonds. The van der Waals surface area contributed by atoms with Gasteiger partial charge in [0.25, 0.3) is 0 Å². The number of ether oxygens (including phenoxy) is 1. The van der Waals surface area contributed by atoms with Gasteiger partial charge >= 0.3 is 12.3 Å². The number of carboxylic acid groups (broad SMARTS) is 1. The van der Waals surface area contributed by atoms with Crippen LogP contribution in [0.25, 0.3) is 0 Å². The number of carbonyl (C=O) groups is 1. The van der Waals surface area contributed by atoms with Crippen molar-refractivity contribution in [3.05, 3.63) is 29.3 Å². The average molecular weight is 263 g/mol. The third-order valence-electron chi connectivity index (χ3n) is 2.30. The number of rotatable bonds is 4. The number of halogens is 3. The number of carboxylic acids is 1. The molecule has 0 aromatic heterocycles. The van der Waals surface area contributed by atoms with Crippen LogP contribution in [-0.4, -0.2) is 23.5 Å². The monoisotopic (exact) mass is 263 g/mol. The molecule has 0 aliphatic heterocycles. The number of hydrogen-bond acceptors (Lipinski definition) is 3. The van der Waals surface area contributed by atoms with E-state index in [1.165, 1.54) is 12.1 Å². The van der Waals surface area contributed by atoms with Crippen LogP contribution in [0.1, 0.15) is 11.1 Å². The van der Waals surface area contributed by atoms with Crippen molar-refractivity contribution in [2.45, 2.75) is 25.7 Å². The van der Waals surface area contributed by atoms with Crippen molar-refractivity contribution in [1.82, 2.24) is 0 Å². The Balaban J connectivity index is 2.83. The molecule has 0 unspecified atom stereocenters. The molecule has 1 aromatic rings. The fourth-order valence-corrected chi connectivity index (χ4v) is 1.42. The van der Waals surface area contributed by atoms with E-state index in [9.17, 15) is 18.0 Å². The second kappa shape index (κ2) is 5.26. The zero-order valence-corrected chi connectivity index (χ0v) is 9.49. The molecule has 0 radical (unpaired) electrons. The molecule has 0 bridgehead atoms. The standard InChI is InChI=1S/C11H12F3NO3/c1-6-4-8(18-11(12,13)14)3-2-7(6)5-9(15)10(16)17/h2-4,9H,5,15H2,1H3,(H,16,17)/t9-/m0/s1. The van der Waals surface area contributed by atoms with Gasteiger partial charge in [-0.1, -0.05) is 6.07 Å². The first-order chi connectivity index (χ1) is 8.19. The zero-order chi connectivity index (χ0) is 13.9. The molecule has 0 aliphatic carbocycles. The smallest absolute Gasteiger partial charge is 0.480 e. The summed E-state index contributed by atoms with van der Waals surface area (Å²) < 4.78 is 39.7. The van der Waals surface area contributed by atoms with Gasteiger partial charge in [-0.3, -0.25) is 4.79 Å². The van der Waals surface area contributed by atoms with Crippen LogP contribution in [0.15, 0.2) is 18.2 Å². The first-order valence-electron chi connectivity index (χ1n) is 5.02. The molecule has 1 atom stereocenters. The van der Waals surface area contributed by atoms with Crippen molar-refractivity contribution < 1.29 is 27.8 Å². The molecular weight excluding hydrogens is 251 g/mol. The van der Waals surface area contributed by atoms with E-state index in [4.69, 9.17) is 10.8 Å². The Morgan fingerprint density at radius 1 is 1.50 bits per heavy atom. The highest BCUT2D eigenvalue weighted by Crippen LogP contribution is 2.25. The SMILES string of the molecule is Cc1cc(OC(F)(F)F)ccc1C[C@H](N)C(=O)O. The Hall–Kier alpha value is -1.76. The van der Waals surface area contributed by atoms with Crippen molar-refractivity contribution in [3.8, 4) is 5.75 Å². The summed E-state index contributed by atoms with van der Waals surface area (Å²) in [5, 5.41) is 8.64. The van der Waals surface area contributed by atoms with Crippen LogP contribution in [-0.2, 0) is 11.2 Å². The summed E-state index contributed by atoms with van der Waals surface area (Å²) in [4.78, 5) is 10.6. The van der Waals surface area contributed by atoms with Crippen molar-refractivity contribution in [1.29, 1.82) is 0 Å². The molecule has 0 fully saturated rings. The number of benzene rings is 1. The summed E-state index contributed by atoms with van der Waals surface area (Å²) in [6.07, 6.45) is -4.70. The van der Waals surface area contributed by atoms with E-state index in [1.807, 2.05) is 0 Å². The van der Waals surface area contributed by atoms with E-state index in [0.717, 1.165) is 6.07 Å². The Bertz CT molecular complexity index is 446. The Labute approximate surface area is 101 Å². The van der Waals surface area contributed by atoms with Gasteiger partial charge in [-0.05, 0) is 36.6 Å². The van der Waals surface area contributed by atoms with Gasteiger partial charge in [-0.25, -0.2) is 0 Å². The van der Waals surface area contributed by atoms with E-state index in [0.29, 0.717) is 11.1 Å². The molecule has 4 nitrogen and oxygen atoms in total. The average Bonchev–Trinajstić information content (AvgIpc) is 2.19. The lowest BCUT2D eigenvalue weighted by Crippen LogP contribution is -2.32. The van der Waals surface area contributed by atoms with Crippen molar-refractivity contribution >= 4 is 5.97 Å². The van der Waals surface area contributed by atoms with Gasteiger partial charge < -0.3 is 15.6 Å². The number of aryl methyl sites for hydroxylation is 1. The van der Waals surface area contributed by atoms with E-state index < -0.39 is 18.4 Å². The van der Waals surface area contributed by atoms with E-state index in [1.54, 1.807) is 6.92 Å². The molecule has 0 saturated carbocycles. The molecule has 100 valence electrons. The summed E-state index contributed by atoms with van der Waals surface area (Å²) >= 11 is 0. The van der Waals surface area contributed by atoms with Crippen LogP contribution in [0.3, 0.4) is 0 Å². The molecule has 0 spiro atoms. The predicted octanol–water partition coefficient (Wildman–Crippen LogP) is 1.85. The maximum atomic E-state index is 12.0. The fourth-order valence-electron chi connectivity index (χ4n) is 1.42. The van der Waals surface area contributed by atoms with Crippen LogP contribution in [0.2, 0.25) is 0 Å². The maximum absolute atomic E-state index is 12.0. The Morgan fingerprint density at radius 2 is 2.11 bits per heavy atom. The van der Waals surface area contributed by atoms with Gasteiger partial charge in [-0.15, -0.1) is 13.2 Å². The fraction of sp³-hybridized carbons (Fsp3) is 0.364. The first kappa shape index (κ1) is 14.3. The summed E-state index contributed by atoms with van der Waals surface area (Å²) in [6, 6.07) is 2.61. The minimum Gasteiger partial charge on any atom is -0.480 e.